The van der Waals surface area contributed by atoms with Gasteiger partial charge in [0.05, 0.1) is 0 Å². The van der Waals surface area contributed by atoms with Crippen molar-refractivity contribution in [1.82, 2.24) is 14.9 Å². The van der Waals surface area contributed by atoms with E-state index in [-0.39, 0.29) is 22.7 Å². The van der Waals surface area contributed by atoms with Crippen LogP contribution in [0.5, 0.6) is 0 Å². The number of rotatable bonds is 1. The molecule has 2 atom stereocenters. The van der Waals surface area contributed by atoms with Crippen LogP contribution in [0.1, 0.15) is 18.0 Å². The van der Waals surface area contributed by atoms with Gasteiger partial charge in [-0.25, -0.2) is 5.01 Å². The van der Waals surface area contributed by atoms with E-state index in [1.165, 1.54) is 5.01 Å². The van der Waals surface area contributed by atoms with E-state index in [9.17, 15) is 10.0 Å². The van der Waals surface area contributed by atoms with Gasteiger partial charge in [-0.1, -0.05) is 6.07 Å². The third-order valence-electron chi connectivity index (χ3n) is 3.70. The molecule has 1 aromatic rings. The lowest BCUT2D eigenvalue weighted by molar-refractivity contribution is -0.223. The molecule has 1 fully saturated rings. The summed E-state index contributed by atoms with van der Waals surface area (Å²) < 4.78 is 1.79. The number of piperidine rings is 1. The van der Waals surface area contributed by atoms with Crippen molar-refractivity contribution >= 4 is 0 Å². The summed E-state index contributed by atoms with van der Waals surface area (Å²) in [5, 5.41) is 21.2. The summed E-state index contributed by atoms with van der Waals surface area (Å²) in [6.45, 7) is 1.62. The standard InChI is InChI=1S/C11H14N3O3/c15-11-3-1-2-10-9-4-8(6-13(10)11)5-12(7-9)14(16)17/h1-3,8-9,16H,4-7H2/q-1. The van der Waals surface area contributed by atoms with Gasteiger partial charge in [0, 0.05) is 37.3 Å². The number of aromatic nitrogens is 1. The van der Waals surface area contributed by atoms with Crippen molar-refractivity contribution in [2.75, 3.05) is 13.1 Å². The van der Waals surface area contributed by atoms with Crippen molar-refractivity contribution in [3.8, 4) is 0 Å². The van der Waals surface area contributed by atoms with E-state index < -0.39 is 0 Å². The molecule has 1 saturated heterocycles. The first-order valence-corrected chi connectivity index (χ1v) is 5.76. The van der Waals surface area contributed by atoms with Crippen LogP contribution in [0.2, 0.25) is 0 Å². The number of fused-ring (bicyclic) bond motifs is 4. The van der Waals surface area contributed by atoms with Crippen LogP contribution in [0, 0.1) is 11.1 Å². The Kier molecular flexibility index (Phi) is 2.52. The van der Waals surface area contributed by atoms with Gasteiger partial charge in [0.2, 0.25) is 0 Å². The largest absolute Gasteiger partial charge is 0.748 e. The van der Waals surface area contributed by atoms with E-state index in [1.807, 2.05) is 6.07 Å². The van der Waals surface area contributed by atoms with Crippen LogP contribution in [0.3, 0.4) is 0 Å². The highest BCUT2D eigenvalue weighted by atomic mass is 16.8. The van der Waals surface area contributed by atoms with Gasteiger partial charge in [-0.3, -0.25) is 4.79 Å². The van der Waals surface area contributed by atoms with Gasteiger partial charge in [-0.05, 0) is 18.4 Å². The number of hydrazine groups is 1. The fourth-order valence-electron chi connectivity index (χ4n) is 3.01. The summed E-state index contributed by atoms with van der Waals surface area (Å²) in [5.74, 6) is 0.407. The number of hydrogen-bond donors (Lipinski definition) is 1. The number of pyridine rings is 1. The minimum Gasteiger partial charge on any atom is -0.748 e. The average Bonchev–Trinajstić information content (AvgIpc) is 2.30. The Morgan fingerprint density at radius 1 is 1.35 bits per heavy atom. The molecule has 2 unspecified atom stereocenters. The molecule has 2 aliphatic heterocycles. The minimum absolute atomic E-state index is 0.0219. The topological polar surface area (TPSA) is 71.8 Å². The van der Waals surface area contributed by atoms with Crippen molar-refractivity contribution < 1.29 is 5.21 Å². The maximum absolute atomic E-state index is 11.7. The van der Waals surface area contributed by atoms with Crippen LogP contribution in [-0.4, -0.2) is 33.2 Å². The Hall–Kier alpha value is -1.21. The summed E-state index contributed by atoms with van der Waals surface area (Å²) in [5.41, 5.74) is 0.994. The molecule has 0 amide bonds. The third-order valence-corrected chi connectivity index (χ3v) is 3.70. The van der Waals surface area contributed by atoms with E-state index >= 15 is 0 Å². The molecule has 6 nitrogen and oxygen atoms in total. The summed E-state index contributed by atoms with van der Waals surface area (Å²) in [6.07, 6.45) is 0.980. The van der Waals surface area contributed by atoms with Crippen LogP contribution in [0.4, 0.5) is 0 Å². The second kappa shape index (κ2) is 3.92. The predicted molar refractivity (Wildman–Crippen MR) is 60.1 cm³/mol. The molecule has 6 heteroatoms. The van der Waals surface area contributed by atoms with Crippen LogP contribution in [0.15, 0.2) is 23.0 Å². The van der Waals surface area contributed by atoms with Gasteiger partial charge in [0.25, 0.3) is 5.56 Å². The zero-order chi connectivity index (χ0) is 12.0. The summed E-state index contributed by atoms with van der Waals surface area (Å²) >= 11 is 0. The molecule has 92 valence electrons. The molecule has 0 radical (unpaired) electrons. The van der Waals surface area contributed by atoms with Crippen LogP contribution in [-0.2, 0) is 6.54 Å². The van der Waals surface area contributed by atoms with Crippen molar-refractivity contribution in [1.29, 1.82) is 0 Å². The molecular weight excluding hydrogens is 222 g/mol. The van der Waals surface area contributed by atoms with E-state index in [0.717, 1.165) is 12.1 Å². The molecule has 0 aromatic carbocycles. The second-order valence-corrected chi connectivity index (χ2v) is 4.82. The molecule has 2 bridgehead atoms. The molecule has 17 heavy (non-hydrogen) atoms. The molecular formula is C11H14N3O3-. The minimum atomic E-state index is -0.0735. The average molecular weight is 236 g/mol. The molecule has 0 spiro atoms. The second-order valence-electron chi connectivity index (χ2n) is 4.82. The quantitative estimate of drug-likeness (QED) is 0.713. The molecule has 3 heterocycles. The van der Waals surface area contributed by atoms with E-state index in [0.29, 0.717) is 19.6 Å². The van der Waals surface area contributed by atoms with Crippen LogP contribution < -0.4 is 5.56 Å². The zero-order valence-electron chi connectivity index (χ0n) is 9.32. The normalized spacial score (nSPS) is 28.2. The highest BCUT2D eigenvalue weighted by Crippen LogP contribution is 2.34. The van der Waals surface area contributed by atoms with E-state index in [1.54, 1.807) is 16.7 Å². The molecule has 1 aromatic heterocycles. The Morgan fingerprint density at radius 3 is 2.94 bits per heavy atom. The first-order valence-electron chi connectivity index (χ1n) is 5.76. The third kappa shape index (κ3) is 1.79. The SMILES string of the molecule is O=c1cccc2n1CC1CC2CN(N([O-])O)C1. The predicted octanol–water partition coefficient (Wildman–Crippen LogP) is 0.371. The number of hydrogen-bond acceptors (Lipinski definition) is 5. The van der Waals surface area contributed by atoms with Crippen molar-refractivity contribution in [3.63, 3.8) is 0 Å². The fourth-order valence-corrected chi connectivity index (χ4v) is 3.01. The highest BCUT2D eigenvalue weighted by Gasteiger charge is 2.34. The lowest BCUT2D eigenvalue weighted by Gasteiger charge is -2.46. The Bertz CT molecular complexity index is 485. The molecule has 3 rings (SSSR count). The monoisotopic (exact) mass is 236 g/mol. The Balaban J connectivity index is 1.98. The van der Waals surface area contributed by atoms with Crippen molar-refractivity contribution in [3.05, 3.63) is 39.5 Å². The molecule has 0 saturated carbocycles. The van der Waals surface area contributed by atoms with Gasteiger partial charge in [-0.15, -0.1) is 0 Å². The maximum atomic E-state index is 11.7. The van der Waals surface area contributed by atoms with E-state index in [2.05, 4.69) is 0 Å². The smallest absolute Gasteiger partial charge is 0.250 e. The van der Waals surface area contributed by atoms with Crippen LogP contribution >= 0.6 is 0 Å². The van der Waals surface area contributed by atoms with Crippen molar-refractivity contribution in [2.24, 2.45) is 5.92 Å². The summed E-state index contributed by atoms with van der Waals surface area (Å²) in [4.78, 5) is 11.7. The van der Waals surface area contributed by atoms with Gasteiger partial charge < -0.3 is 15.0 Å². The first kappa shape index (κ1) is 10.9. The first-order chi connectivity index (χ1) is 8.15. The highest BCUT2D eigenvalue weighted by molar-refractivity contribution is 5.16. The van der Waals surface area contributed by atoms with Gasteiger partial charge >= 0.3 is 0 Å². The lowest BCUT2D eigenvalue weighted by atomic mass is 9.84. The zero-order valence-corrected chi connectivity index (χ0v) is 9.32. The van der Waals surface area contributed by atoms with Gasteiger partial charge in [0.1, 0.15) is 0 Å². The Morgan fingerprint density at radius 2 is 2.18 bits per heavy atom. The van der Waals surface area contributed by atoms with Crippen LogP contribution in [0.25, 0.3) is 0 Å². The lowest BCUT2D eigenvalue weighted by Crippen LogP contribution is -2.51. The molecule has 0 aliphatic carbocycles. The van der Waals surface area contributed by atoms with Crippen molar-refractivity contribution in [2.45, 2.75) is 18.9 Å². The molecule has 2 aliphatic rings. The fraction of sp³-hybridized carbons (Fsp3) is 0.545. The summed E-state index contributed by atoms with van der Waals surface area (Å²) in [6, 6.07) is 5.24. The Labute approximate surface area is 98.2 Å². The molecule has 1 N–H and O–H groups in total. The maximum Gasteiger partial charge on any atom is 0.250 e. The summed E-state index contributed by atoms with van der Waals surface area (Å²) in [7, 11) is 0. The number of nitrogens with zero attached hydrogens (tertiary/aromatic N) is 3. The van der Waals surface area contributed by atoms with Gasteiger partial charge in [-0.2, -0.15) is 5.34 Å². The van der Waals surface area contributed by atoms with Gasteiger partial charge in [0.15, 0.2) is 0 Å². The van der Waals surface area contributed by atoms with E-state index in [4.69, 9.17) is 5.21 Å².